The van der Waals surface area contributed by atoms with Crippen molar-refractivity contribution in [2.24, 2.45) is 0 Å². The first-order valence-electron chi connectivity index (χ1n) is 42.1. The molecule has 0 aromatic carbocycles. The Balaban J connectivity index is 3.31. The molecule has 6 heteroatoms. The highest BCUT2D eigenvalue weighted by Crippen LogP contribution is 2.21. The van der Waals surface area contributed by atoms with Crippen molar-refractivity contribution in [3.05, 3.63) is 24.3 Å². The molecule has 1 amide bonds. The van der Waals surface area contributed by atoms with Crippen LogP contribution < -0.4 is 5.32 Å². The summed E-state index contributed by atoms with van der Waals surface area (Å²) in [5.41, 5.74) is 0. The highest BCUT2D eigenvalue weighted by Gasteiger charge is 2.18. The van der Waals surface area contributed by atoms with Gasteiger partial charge >= 0.3 is 5.97 Å². The largest absolute Gasteiger partial charge is 0.466 e. The minimum absolute atomic E-state index is 0.0214. The molecule has 0 aliphatic heterocycles. The summed E-state index contributed by atoms with van der Waals surface area (Å²) in [5.74, 6) is -0.0362. The quantitative estimate of drug-likeness (QED) is 0.0320. The van der Waals surface area contributed by atoms with Gasteiger partial charge in [0.1, 0.15) is 0 Å². The van der Waals surface area contributed by atoms with Crippen LogP contribution in [-0.2, 0) is 14.3 Å². The van der Waals surface area contributed by atoms with E-state index in [0.717, 1.165) is 38.5 Å². The minimum atomic E-state index is -0.841. The summed E-state index contributed by atoms with van der Waals surface area (Å²) >= 11 is 0. The molecule has 91 heavy (non-hydrogen) atoms. The fraction of sp³-hybridized carbons (Fsp3) is 0.929. The number of carbonyl (C=O) groups is 2. The van der Waals surface area contributed by atoms with Crippen LogP contribution in [0.15, 0.2) is 24.3 Å². The van der Waals surface area contributed by atoms with Crippen molar-refractivity contribution in [2.45, 2.75) is 495 Å². The molecule has 3 N–H and O–H groups in total. The number of aliphatic hydroxyl groups is 2. The molecule has 0 heterocycles. The number of unbranched alkanes of at least 4 members (excludes halogenated alkanes) is 67. The number of hydrogen-bond acceptors (Lipinski definition) is 5. The number of amides is 1. The number of ether oxygens (including phenoxy) is 1. The van der Waals surface area contributed by atoms with Gasteiger partial charge < -0.3 is 20.3 Å². The average Bonchev–Trinajstić information content (AvgIpc) is 3.65. The predicted molar refractivity (Wildman–Crippen MR) is 403 cm³/mol. The van der Waals surface area contributed by atoms with Crippen LogP contribution in [0.4, 0.5) is 0 Å². The molecule has 0 saturated heterocycles. The maximum atomic E-state index is 12.5. The Hall–Kier alpha value is -1.66. The first kappa shape index (κ1) is 89.3. The minimum Gasteiger partial charge on any atom is -0.466 e. The van der Waals surface area contributed by atoms with Gasteiger partial charge in [0.2, 0.25) is 5.91 Å². The molecule has 540 valence electrons. The number of nitrogens with one attached hydrogen (secondary N) is 1. The molecule has 2 unspecified atom stereocenters. The number of hydrogen-bond donors (Lipinski definition) is 3. The van der Waals surface area contributed by atoms with Crippen LogP contribution in [0.2, 0.25) is 0 Å². The number of allylic oxidation sites excluding steroid dienone is 3. The van der Waals surface area contributed by atoms with Crippen LogP contribution >= 0.6 is 0 Å². The van der Waals surface area contributed by atoms with Crippen LogP contribution in [0, 0.1) is 0 Å². The van der Waals surface area contributed by atoms with Crippen LogP contribution in [0.3, 0.4) is 0 Å². The molecule has 0 radical (unpaired) electrons. The standard InChI is InChI=1S/C85H165NO5/c1-3-5-7-9-11-13-15-17-19-21-42-45-49-53-57-61-65-69-73-77-83(88)82(81-87)86-84(89)78-74-70-66-62-58-54-50-46-43-40-38-36-34-32-30-28-26-24-23-25-27-29-31-33-35-37-39-41-44-48-52-56-60-64-68-72-76-80-91-85(90)79-75-71-67-63-59-55-51-47-22-20-18-16-14-12-10-8-6-4-2/h20,22,73,77,82-83,87-88H,3-19,21,23-72,74-76,78-81H2,1-2H3,(H,86,89)/b22-20-,77-73+. The summed E-state index contributed by atoms with van der Waals surface area (Å²) in [6, 6.07) is -0.624. The fourth-order valence-electron chi connectivity index (χ4n) is 13.6. The highest BCUT2D eigenvalue weighted by atomic mass is 16.5. The van der Waals surface area contributed by atoms with E-state index in [9.17, 15) is 19.8 Å². The second-order valence-electron chi connectivity index (χ2n) is 29.2. The molecule has 0 rings (SSSR count). The summed E-state index contributed by atoms with van der Waals surface area (Å²) in [4.78, 5) is 24.7. The van der Waals surface area contributed by atoms with E-state index >= 15 is 0 Å². The first-order chi connectivity index (χ1) is 45.0. The van der Waals surface area contributed by atoms with E-state index in [2.05, 4.69) is 31.3 Å². The van der Waals surface area contributed by atoms with Gasteiger partial charge in [0, 0.05) is 12.8 Å². The van der Waals surface area contributed by atoms with Crippen LogP contribution in [0.25, 0.3) is 0 Å². The second kappa shape index (κ2) is 80.8. The molecule has 0 aliphatic rings. The van der Waals surface area contributed by atoms with Crippen LogP contribution in [-0.4, -0.2) is 47.4 Å². The molecule has 0 saturated carbocycles. The van der Waals surface area contributed by atoms with E-state index in [-0.39, 0.29) is 18.5 Å². The van der Waals surface area contributed by atoms with E-state index < -0.39 is 12.1 Å². The lowest BCUT2D eigenvalue weighted by molar-refractivity contribution is -0.143. The van der Waals surface area contributed by atoms with Gasteiger partial charge in [-0.15, -0.1) is 0 Å². The van der Waals surface area contributed by atoms with Crippen molar-refractivity contribution < 1.29 is 24.5 Å². The van der Waals surface area contributed by atoms with Gasteiger partial charge in [-0.3, -0.25) is 9.59 Å². The summed E-state index contributed by atoms with van der Waals surface area (Å²) < 4.78 is 5.52. The molecule has 0 fully saturated rings. The van der Waals surface area contributed by atoms with Crippen LogP contribution in [0.1, 0.15) is 483 Å². The zero-order valence-electron chi connectivity index (χ0n) is 62.1. The van der Waals surface area contributed by atoms with Gasteiger partial charge in [0.15, 0.2) is 0 Å². The van der Waals surface area contributed by atoms with Gasteiger partial charge in [0.05, 0.1) is 25.4 Å². The predicted octanol–water partition coefficient (Wildman–Crippen LogP) is 28.0. The van der Waals surface area contributed by atoms with E-state index in [1.807, 2.05) is 6.08 Å². The Kier molecular flexibility index (Phi) is 79.3. The summed E-state index contributed by atoms with van der Waals surface area (Å²) in [6.45, 7) is 4.96. The summed E-state index contributed by atoms with van der Waals surface area (Å²) in [7, 11) is 0. The Morgan fingerprint density at radius 2 is 0.516 bits per heavy atom. The lowest BCUT2D eigenvalue weighted by atomic mass is 10.0. The molecule has 0 aromatic heterocycles. The van der Waals surface area contributed by atoms with Gasteiger partial charge in [-0.2, -0.15) is 0 Å². The van der Waals surface area contributed by atoms with E-state index in [0.29, 0.717) is 19.4 Å². The van der Waals surface area contributed by atoms with Gasteiger partial charge in [-0.25, -0.2) is 0 Å². The topological polar surface area (TPSA) is 95.9 Å². The lowest BCUT2D eigenvalue weighted by Crippen LogP contribution is -2.45. The Morgan fingerprint density at radius 1 is 0.297 bits per heavy atom. The SMILES string of the molecule is CCCCCCCCC/C=C\CCCCCCCCCC(=O)OCCCCCCCCCCCCCCCCCCCCCCCCCCCCCCCCCCCCCCCC(=O)NC(CO)C(O)/C=C/CCCCCCCCCCCCCCCCCCC. The Labute approximate surface area is 571 Å². The normalized spacial score (nSPS) is 12.5. The molecule has 0 aromatic rings. The maximum Gasteiger partial charge on any atom is 0.305 e. The number of esters is 1. The van der Waals surface area contributed by atoms with Gasteiger partial charge in [0.25, 0.3) is 0 Å². The molecule has 0 spiro atoms. The van der Waals surface area contributed by atoms with Crippen molar-refractivity contribution >= 4 is 11.9 Å². The van der Waals surface area contributed by atoms with Crippen LogP contribution in [0.5, 0.6) is 0 Å². The van der Waals surface area contributed by atoms with Gasteiger partial charge in [-0.1, -0.05) is 436 Å². The number of carbonyl (C=O) groups excluding carboxylic acids is 2. The number of aliphatic hydroxyl groups excluding tert-OH is 2. The van der Waals surface area contributed by atoms with Crippen molar-refractivity contribution in [3.63, 3.8) is 0 Å². The molecular formula is C85H165NO5. The van der Waals surface area contributed by atoms with Crippen molar-refractivity contribution in [1.82, 2.24) is 5.32 Å². The Bertz CT molecular complexity index is 1430. The third kappa shape index (κ3) is 77.2. The molecule has 6 nitrogen and oxygen atoms in total. The summed E-state index contributed by atoms with van der Waals surface area (Å²) in [5, 5.41) is 23.3. The number of rotatable bonds is 80. The highest BCUT2D eigenvalue weighted by molar-refractivity contribution is 5.76. The molecule has 2 atom stereocenters. The third-order valence-corrected chi connectivity index (χ3v) is 20.0. The van der Waals surface area contributed by atoms with Crippen molar-refractivity contribution in [3.8, 4) is 0 Å². The lowest BCUT2D eigenvalue weighted by Gasteiger charge is -2.20. The third-order valence-electron chi connectivity index (χ3n) is 20.0. The first-order valence-corrected chi connectivity index (χ1v) is 42.1. The monoisotopic (exact) mass is 1280 g/mol. The zero-order valence-corrected chi connectivity index (χ0v) is 62.1. The van der Waals surface area contributed by atoms with Gasteiger partial charge in [-0.05, 0) is 57.8 Å². The van der Waals surface area contributed by atoms with E-state index in [4.69, 9.17) is 4.74 Å². The van der Waals surface area contributed by atoms with E-state index in [1.165, 1.54) is 417 Å². The molecule has 0 bridgehead atoms. The average molecular weight is 1280 g/mol. The fourth-order valence-corrected chi connectivity index (χ4v) is 13.6. The molecular weight excluding hydrogens is 1110 g/mol. The van der Waals surface area contributed by atoms with Crippen molar-refractivity contribution in [1.29, 1.82) is 0 Å². The van der Waals surface area contributed by atoms with Crippen molar-refractivity contribution in [2.75, 3.05) is 13.2 Å². The molecule has 0 aliphatic carbocycles. The maximum absolute atomic E-state index is 12.5. The van der Waals surface area contributed by atoms with E-state index in [1.54, 1.807) is 6.08 Å². The zero-order chi connectivity index (χ0) is 65.6. The summed E-state index contributed by atoms with van der Waals surface area (Å²) in [6.07, 6.45) is 105. The smallest absolute Gasteiger partial charge is 0.305 e. The Morgan fingerprint density at radius 3 is 0.780 bits per heavy atom. The second-order valence-corrected chi connectivity index (χ2v) is 29.2.